The molecule has 1 aliphatic rings. The first-order chi connectivity index (χ1) is 9.15. The van der Waals surface area contributed by atoms with Crippen molar-refractivity contribution in [1.29, 1.82) is 0 Å². The summed E-state index contributed by atoms with van der Waals surface area (Å²) in [6, 6.07) is 2.15. The molecule has 1 aromatic heterocycles. The Labute approximate surface area is 113 Å². The smallest absolute Gasteiger partial charge is 0.156 e. The number of rotatable bonds is 4. The number of hydrogen-bond donors (Lipinski definition) is 2. The maximum Gasteiger partial charge on any atom is 0.156 e. The highest BCUT2D eigenvalue weighted by Gasteiger charge is 2.26. The second kappa shape index (κ2) is 6.06. The number of aromatic nitrogens is 2. The summed E-state index contributed by atoms with van der Waals surface area (Å²) in [5.41, 5.74) is 8.03. The topological polar surface area (TPSA) is 79.7 Å². The van der Waals surface area contributed by atoms with E-state index in [0.717, 1.165) is 44.6 Å². The quantitative estimate of drug-likeness (QED) is 0.372. The average Bonchev–Trinajstić information content (AvgIpc) is 2.78. The number of likely N-dealkylation sites (tertiary alicyclic amines) is 1. The van der Waals surface area contributed by atoms with Crippen molar-refractivity contribution >= 4 is 5.84 Å². The summed E-state index contributed by atoms with van der Waals surface area (Å²) in [6.07, 6.45) is 3.24. The number of amidine groups is 1. The van der Waals surface area contributed by atoms with Crippen LogP contribution in [0.25, 0.3) is 0 Å². The molecule has 1 saturated heterocycles. The van der Waals surface area contributed by atoms with Gasteiger partial charge in [-0.2, -0.15) is 5.10 Å². The standard InChI is InChI=1S/C13H23N5O/c1-3-18-11(8-10(2)15-18)9-17-7-5-4-6-12(17)13(14)16-19/h8,12,19H,3-7,9H2,1-2H3,(H2,14,16). The van der Waals surface area contributed by atoms with Crippen molar-refractivity contribution in [3.05, 3.63) is 17.5 Å². The highest BCUT2D eigenvalue weighted by molar-refractivity contribution is 5.85. The highest BCUT2D eigenvalue weighted by atomic mass is 16.4. The van der Waals surface area contributed by atoms with Gasteiger partial charge in [-0.15, -0.1) is 0 Å². The minimum atomic E-state index is 0.0410. The summed E-state index contributed by atoms with van der Waals surface area (Å²) in [7, 11) is 0. The molecule has 2 rings (SSSR count). The number of oxime groups is 1. The second-order valence-corrected chi connectivity index (χ2v) is 5.10. The Morgan fingerprint density at radius 3 is 3.05 bits per heavy atom. The van der Waals surface area contributed by atoms with Crippen molar-refractivity contribution in [1.82, 2.24) is 14.7 Å². The van der Waals surface area contributed by atoms with Gasteiger partial charge >= 0.3 is 0 Å². The lowest BCUT2D eigenvalue weighted by Crippen LogP contribution is -2.47. The van der Waals surface area contributed by atoms with Gasteiger partial charge in [0.1, 0.15) is 0 Å². The number of nitrogens with two attached hydrogens (primary N) is 1. The number of piperidine rings is 1. The molecule has 0 bridgehead atoms. The van der Waals surface area contributed by atoms with Gasteiger partial charge in [-0.3, -0.25) is 9.58 Å². The minimum Gasteiger partial charge on any atom is -0.409 e. The van der Waals surface area contributed by atoms with E-state index in [-0.39, 0.29) is 6.04 Å². The summed E-state index contributed by atoms with van der Waals surface area (Å²) in [4.78, 5) is 2.28. The van der Waals surface area contributed by atoms with Crippen LogP contribution in [0.1, 0.15) is 37.6 Å². The van der Waals surface area contributed by atoms with E-state index in [4.69, 9.17) is 10.9 Å². The van der Waals surface area contributed by atoms with Crippen molar-refractivity contribution in [3.8, 4) is 0 Å². The monoisotopic (exact) mass is 265 g/mol. The molecule has 0 aromatic carbocycles. The Morgan fingerprint density at radius 2 is 2.37 bits per heavy atom. The molecule has 6 heteroatoms. The van der Waals surface area contributed by atoms with Crippen LogP contribution in [0.4, 0.5) is 0 Å². The summed E-state index contributed by atoms with van der Waals surface area (Å²) in [5, 5.41) is 16.5. The van der Waals surface area contributed by atoms with Crippen molar-refractivity contribution in [2.24, 2.45) is 10.9 Å². The van der Waals surface area contributed by atoms with Gasteiger partial charge in [0.15, 0.2) is 5.84 Å². The van der Waals surface area contributed by atoms with Crippen molar-refractivity contribution in [2.45, 2.75) is 52.2 Å². The Bertz CT molecular complexity index is 454. The zero-order valence-electron chi connectivity index (χ0n) is 11.7. The highest BCUT2D eigenvalue weighted by Crippen LogP contribution is 2.20. The first-order valence-corrected chi connectivity index (χ1v) is 6.90. The lowest BCUT2D eigenvalue weighted by molar-refractivity contribution is 0.173. The molecule has 2 heterocycles. The third kappa shape index (κ3) is 3.07. The van der Waals surface area contributed by atoms with E-state index in [1.54, 1.807) is 0 Å². The SMILES string of the molecule is CCn1nc(C)cc1CN1CCCCC1C(N)=NO. The summed E-state index contributed by atoms with van der Waals surface area (Å²) < 4.78 is 2.02. The van der Waals surface area contributed by atoms with Crippen LogP contribution in [-0.2, 0) is 13.1 Å². The maximum atomic E-state index is 8.89. The molecular formula is C13H23N5O. The Kier molecular flexibility index (Phi) is 4.42. The predicted octanol–water partition coefficient (Wildman–Crippen LogP) is 1.31. The van der Waals surface area contributed by atoms with Gasteiger partial charge in [0.2, 0.25) is 0 Å². The minimum absolute atomic E-state index is 0.0410. The van der Waals surface area contributed by atoms with E-state index < -0.39 is 0 Å². The van der Waals surface area contributed by atoms with Gasteiger partial charge < -0.3 is 10.9 Å². The molecule has 0 radical (unpaired) electrons. The lowest BCUT2D eigenvalue weighted by atomic mass is 10.0. The van der Waals surface area contributed by atoms with E-state index in [1.807, 2.05) is 11.6 Å². The summed E-state index contributed by atoms with van der Waals surface area (Å²) in [6.45, 7) is 6.75. The van der Waals surface area contributed by atoms with E-state index >= 15 is 0 Å². The van der Waals surface area contributed by atoms with Gasteiger partial charge in [-0.25, -0.2) is 0 Å². The molecule has 1 aliphatic heterocycles. The molecular weight excluding hydrogens is 242 g/mol. The van der Waals surface area contributed by atoms with Crippen LogP contribution in [0.5, 0.6) is 0 Å². The van der Waals surface area contributed by atoms with Gasteiger partial charge in [0.05, 0.1) is 17.4 Å². The van der Waals surface area contributed by atoms with Crippen LogP contribution in [-0.4, -0.2) is 38.3 Å². The molecule has 1 unspecified atom stereocenters. The molecule has 106 valence electrons. The fourth-order valence-corrected chi connectivity index (χ4v) is 2.79. The Morgan fingerprint density at radius 1 is 1.58 bits per heavy atom. The summed E-state index contributed by atoms with van der Waals surface area (Å²) >= 11 is 0. The molecule has 0 aliphatic carbocycles. The molecule has 1 atom stereocenters. The zero-order valence-corrected chi connectivity index (χ0v) is 11.7. The molecule has 3 N–H and O–H groups in total. The third-order valence-electron chi connectivity index (χ3n) is 3.72. The molecule has 19 heavy (non-hydrogen) atoms. The second-order valence-electron chi connectivity index (χ2n) is 5.10. The van der Waals surface area contributed by atoms with Crippen molar-refractivity contribution in [3.63, 3.8) is 0 Å². The Hall–Kier alpha value is -1.56. The largest absolute Gasteiger partial charge is 0.409 e. The van der Waals surface area contributed by atoms with Crippen LogP contribution in [0.15, 0.2) is 11.2 Å². The summed E-state index contributed by atoms with van der Waals surface area (Å²) in [5.74, 6) is 0.319. The van der Waals surface area contributed by atoms with Crippen molar-refractivity contribution < 1.29 is 5.21 Å². The Balaban J connectivity index is 2.15. The van der Waals surface area contributed by atoms with Crippen LogP contribution in [0.2, 0.25) is 0 Å². The molecule has 1 aromatic rings. The number of nitrogens with zero attached hydrogens (tertiary/aromatic N) is 4. The van der Waals surface area contributed by atoms with E-state index in [0.29, 0.717) is 5.84 Å². The van der Waals surface area contributed by atoms with E-state index in [1.165, 1.54) is 5.69 Å². The fraction of sp³-hybridized carbons (Fsp3) is 0.692. The molecule has 1 fully saturated rings. The van der Waals surface area contributed by atoms with Gasteiger partial charge in [0, 0.05) is 13.1 Å². The number of aryl methyl sites for hydroxylation is 2. The molecule has 0 amide bonds. The lowest BCUT2D eigenvalue weighted by Gasteiger charge is -2.34. The van der Waals surface area contributed by atoms with E-state index in [2.05, 4.69) is 28.1 Å². The first kappa shape index (κ1) is 13.9. The van der Waals surface area contributed by atoms with Crippen LogP contribution < -0.4 is 5.73 Å². The zero-order chi connectivity index (χ0) is 13.8. The number of hydrogen-bond acceptors (Lipinski definition) is 4. The maximum absolute atomic E-state index is 8.89. The van der Waals surface area contributed by atoms with Crippen LogP contribution in [0, 0.1) is 6.92 Å². The van der Waals surface area contributed by atoms with Crippen LogP contribution >= 0.6 is 0 Å². The van der Waals surface area contributed by atoms with Gasteiger partial charge in [-0.05, 0) is 39.3 Å². The van der Waals surface area contributed by atoms with Crippen LogP contribution in [0.3, 0.4) is 0 Å². The molecule has 6 nitrogen and oxygen atoms in total. The van der Waals surface area contributed by atoms with E-state index in [9.17, 15) is 0 Å². The fourth-order valence-electron chi connectivity index (χ4n) is 2.79. The third-order valence-corrected chi connectivity index (χ3v) is 3.72. The molecule has 0 saturated carbocycles. The average molecular weight is 265 g/mol. The van der Waals surface area contributed by atoms with Gasteiger partial charge in [0.25, 0.3) is 0 Å². The van der Waals surface area contributed by atoms with Crippen molar-refractivity contribution in [2.75, 3.05) is 6.54 Å². The molecule has 0 spiro atoms. The predicted molar refractivity (Wildman–Crippen MR) is 74.1 cm³/mol. The first-order valence-electron chi connectivity index (χ1n) is 6.90. The van der Waals surface area contributed by atoms with Gasteiger partial charge in [-0.1, -0.05) is 11.6 Å². The normalized spacial score (nSPS) is 21.8.